The van der Waals surface area contributed by atoms with Crippen molar-refractivity contribution >= 4 is 17.8 Å². The van der Waals surface area contributed by atoms with E-state index in [0.29, 0.717) is 19.7 Å². The molecule has 0 aromatic carbocycles. The van der Waals surface area contributed by atoms with Gasteiger partial charge in [0.25, 0.3) is 0 Å². The van der Waals surface area contributed by atoms with Crippen molar-refractivity contribution in [2.24, 2.45) is 0 Å². The lowest BCUT2D eigenvalue weighted by Gasteiger charge is -2.16. The third-order valence-electron chi connectivity index (χ3n) is 2.50. The fourth-order valence-electron chi connectivity index (χ4n) is 1.30. The van der Waals surface area contributed by atoms with Crippen molar-refractivity contribution in [1.82, 2.24) is 15.5 Å². The second kappa shape index (κ2) is 11.2. The Morgan fingerprint density at radius 2 is 1.80 bits per heavy atom. The molecule has 0 bridgehead atoms. The molecule has 0 spiro atoms. The van der Waals surface area contributed by atoms with Crippen molar-refractivity contribution in [3.05, 3.63) is 0 Å². The van der Waals surface area contributed by atoms with Crippen LogP contribution in [-0.2, 0) is 19.1 Å². The highest BCUT2D eigenvalue weighted by Gasteiger charge is 2.07. The third-order valence-corrected chi connectivity index (χ3v) is 2.50. The van der Waals surface area contributed by atoms with Crippen LogP contribution in [0.25, 0.3) is 0 Å². The Morgan fingerprint density at radius 3 is 2.40 bits per heavy atom. The molecule has 0 unspecified atom stereocenters. The predicted molar refractivity (Wildman–Crippen MR) is 72.3 cm³/mol. The third kappa shape index (κ3) is 11.4. The van der Waals surface area contributed by atoms with Gasteiger partial charge in [0.05, 0.1) is 19.6 Å². The number of hydrogen-bond donors (Lipinski definition) is 3. The summed E-state index contributed by atoms with van der Waals surface area (Å²) in [6.45, 7) is 2.43. The Morgan fingerprint density at radius 1 is 1.10 bits per heavy atom. The number of carboxylic acid groups (broad SMARTS) is 1. The minimum atomic E-state index is -1.04. The molecule has 0 heterocycles. The Bertz CT molecular complexity index is 322. The van der Waals surface area contributed by atoms with Gasteiger partial charge in [-0.05, 0) is 7.05 Å². The van der Waals surface area contributed by atoms with E-state index < -0.39 is 11.9 Å². The number of carbonyl (C=O) groups is 3. The number of methoxy groups -OCH3 is 1. The second-order valence-corrected chi connectivity index (χ2v) is 4.32. The molecule has 2 amide bonds. The molecule has 116 valence electrons. The first-order chi connectivity index (χ1) is 9.45. The largest absolute Gasteiger partial charge is 0.481 e. The Labute approximate surface area is 118 Å². The van der Waals surface area contributed by atoms with E-state index in [-0.39, 0.29) is 25.3 Å². The molecule has 0 fully saturated rings. The Kier molecular flexibility index (Phi) is 10.2. The summed E-state index contributed by atoms with van der Waals surface area (Å²) in [5.41, 5.74) is 0. The van der Waals surface area contributed by atoms with E-state index in [1.54, 1.807) is 7.11 Å². The number of carbonyl (C=O) groups excluding carboxylic acids is 2. The van der Waals surface area contributed by atoms with Crippen LogP contribution in [0.1, 0.15) is 12.8 Å². The molecule has 0 saturated heterocycles. The van der Waals surface area contributed by atoms with E-state index in [1.165, 1.54) is 0 Å². The molecule has 8 heteroatoms. The van der Waals surface area contributed by atoms with Crippen LogP contribution in [-0.4, -0.2) is 74.7 Å². The van der Waals surface area contributed by atoms with Crippen molar-refractivity contribution in [2.45, 2.75) is 12.8 Å². The zero-order chi connectivity index (χ0) is 15.4. The summed E-state index contributed by atoms with van der Waals surface area (Å²) >= 11 is 0. The lowest BCUT2D eigenvalue weighted by Crippen LogP contribution is -2.40. The lowest BCUT2D eigenvalue weighted by atomic mass is 10.3. The average molecular weight is 289 g/mol. The van der Waals surface area contributed by atoms with E-state index in [4.69, 9.17) is 9.84 Å². The van der Waals surface area contributed by atoms with Crippen LogP contribution >= 0.6 is 0 Å². The van der Waals surface area contributed by atoms with Gasteiger partial charge in [-0.2, -0.15) is 0 Å². The molecule has 0 rings (SSSR count). The summed E-state index contributed by atoms with van der Waals surface area (Å²) < 4.78 is 4.93. The van der Waals surface area contributed by atoms with Crippen molar-refractivity contribution in [3.8, 4) is 0 Å². The molecule has 3 N–H and O–H groups in total. The molecule has 20 heavy (non-hydrogen) atoms. The summed E-state index contributed by atoms with van der Waals surface area (Å²) in [4.78, 5) is 34.8. The average Bonchev–Trinajstić information content (AvgIpc) is 2.40. The minimum absolute atomic E-state index is 0.123. The molecule has 0 saturated carbocycles. The Hall–Kier alpha value is -1.67. The van der Waals surface area contributed by atoms with Gasteiger partial charge in [-0.1, -0.05) is 0 Å². The molecule has 0 aliphatic heterocycles. The van der Waals surface area contributed by atoms with Crippen LogP contribution in [0.2, 0.25) is 0 Å². The SMILES string of the molecule is COCCN(C)CCNC(=O)CNC(=O)CCC(=O)O. The normalized spacial score (nSPS) is 10.3. The first-order valence-electron chi connectivity index (χ1n) is 6.38. The zero-order valence-electron chi connectivity index (χ0n) is 12.0. The highest BCUT2D eigenvalue weighted by molar-refractivity contribution is 5.86. The molecule has 0 atom stereocenters. The van der Waals surface area contributed by atoms with Gasteiger partial charge in [-0.3, -0.25) is 14.4 Å². The van der Waals surface area contributed by atoms with Gasteiger partial charge in [0.1, 0.15) is 0 Å². The van der Waals surface area contributed by atoms with Crippen molar-refractivity contribution in [2.75, 3.05) is 46.9 Å². The summed E-state index contributed by atoms with van der Waals surface area (Å²) in [7, 11) is 3.54. The molecule has 8 nitrogen and oxygen atoms in total. The molecule has 0 aliphatic carbocycles. The van der Waals surface area contributed by atoms with E-state index >= 15 is 0 Å². The highest BCUT2D eigenvalue weighted by atomic mass is 16.5. The van der Waals surface area contributed by atoms with Crippen molar-refractivity contribution in [1.29, 1.82) is 0 Å². The quantitative estimate of drug-likeness (QED) is 0.434. The maximum atomic E-state index is 11.4. The van der Waals surface area contributed by atoms with Gasteiger partial charge in [-0.15, -0.1) is 0 Å². The lowest BCUT2D eigenvalue weighted by molar-refractivity contribution is -0.138. The monoisotopic (exact) mass is 289 g/mol. The van der Waals surface area contributed by atoms with E-state index in [9.17, 15) is 14.4 Å². The van der Waals surface area contributed by atoms with Crippen LogP contribution in [0.15, 0.2) is 0 Å². The summed E-state index contributed by atoms with van der Waals surface area (Å²) in [6, 6.07) is 0. The van der Waals surface area contributed by atoms with E-state index in [2.05, 4.69) is 10.6 Å². The van der Waals surface area contributed by atoms with Gasteiger partial charge in [-0.25, -0.2) is 0 Å². The zero-order valence-corrected chi connectivity index (χ0v) is 12.0. The van der Waals surface area contributed by atoms with Gasteiger partial charge in [0.15, 0.2) is 0 Å². The maximum Gasteiger partial charge on any atom is 0.303 e. The molecule has 0 radical (unpaired) electrons. The number of hydrogen-bond acceptors (Lipinski definition) is 5. The number of nitrogens with one attached hydrogen (secondary N) is 2. The number of ether oxygens (including phenoxy) is 1. The topological polar surface area (TPSA) is 108 Å². The minimum Gasteiger partial charge on any atom is -0.481 e. The number of likely N-dealkylation sites (N-methyl/N-ethyl adjacent to an activating group) is 1. The molecule has 0 aromatic heterocycles. The fraction of sp³-hybridized carbons (Fsp3) is 0.750. The molecule has 0 aliphatic rings. The van der Waals surface area contributed by atoms with E-state index in [1.807, 2.05) is 11.9 Å². The standard InChI is InChI=1S/C12H23N3O5/c1-15(7-8-20-2)6-5-13-11(17)9-14-10(16)3-4-12(18)19/h3-9H2,1-2H3,(H,13,17)(H,14,16)(H,18,19). The Balaban J connectivity index is 3.58. The van der Waals surface area contributed by atoms with Crippen LogP contribution in [0, 0.1) is 0 Å². The van der Waals surface area contributed by atoms with Crippen molar-refractivity contribution < 1.29 is 24.2 Å². The number of aliphatic carboxylic acids is 1. The van der Waals surface area contributed by atoms with Gasteiger partial charge < -0.3 is 25.4 Å². The molecule has 0 aromatic rings. The van der Waals surface area contributed by atoms with Crippen LogP contribution < -0.4 is 10.6 Å². The van der Waals surface area contributed by atoms with Crippen LogP contribution in [0.3, 0.4) is 0 Å². The van der Waals surface area contributed by atoms with Gasteiger partial charge >= 0.3 is 5.97 Å². The second-order valence-electron chi connectivity index (χ2n) is 4.32. The number of rotatable bonds is 11. The van der Waals surface area contributed by atoms with Crippen LogP contribution in [0.5, 0.6) is 0 Å². The van der Waals surface area contributed by atoms with Crippen molar-refractivity contribution in [3.63, 3.8) is 0 Å². The van der Waals surface area contributed by atoms with E-state index in [0.717, 1.165) is 6.54 Å². The summed E-state index contributed by atoms with van der Waals surface area (Å²) in [5, 5.41) is 13.4. The predicted octanol–water partition coefficient (Wildman–Crippen LogP) is -1.34. The molecular weight excluding hydrogens is 266 g/mol. The maximum absolute atomic E-state index is 11.4. The first-order valence-corrected chi connectivity index (χ1v) is 6.38. The number of carboxylic acids is 1. The first kappa shape index (κ1) is 18.3. The number of amides is 2. The number of nitrogens with zero attached hydrogens (tertiary/aromatic N) is 1. The summed E-state index contributed by atoms with van der Waals surface area (Å²) in [5.74, 6) is -1.78. The van der Waals surface area contributed by atoms with Gasteiger partial charge in [0.2, 0.25) is 11.8 Å². The highest BCUT2D eigenvalue weighted by Crippen LogP contribution is 1.87. The molecular formula is C12H23N3O5. The fourth-order valence-corrected chi connectivity index (χ4v) is 1.30. The smallest absolute Gasteiger partial charge is 0.303 e. The summed E-state index contributed by atoms with van der Waals surface area (Å²) in [6.07, 6.45) is -0.361. The van der Waals surface area contributed by atoms with Crippen LogP contribution in [0.4, 0.5) is 0 Å². The van der Waals surface area contributed by atoms with Gasteiger partial charge in [0, 0.05) is 33.2 Å².